The second kappa shape index (κ2) is 13.7. The van der Waals surface area contributed by atoms with E-state index in [1.165, 1.54) is 66.3 Å². The molecule has 0 fully saturated rings. The molecule has 0 bridgehead atoms. The number of para-hydroxylation sites is 2. The lowest BCUT2D eigenvalue weighted by Gasteiger charge is -2.22. The van der Waals surface area contributed by atoms with Gasteiger partial charge in [0.1, 0.15) is 0 Å². The summed E-state index contributed by atoms with van der Waals surface area (Å²) >= 11 is 0. The Labute approximate surface area is 310 Å². The van der Waals surface area contributed by atoms with Crippen molar-refractivity contribution in [2.75, 3.05) is 5.32 Å². The fourth-order valence-corrected chi connectivity index (χ4v) is 7.81. The molecule has 3 heteroatoms. The molecule has 1 aromatic heterocycles. The monoisotopic (exact) mass is 679 g/mol. The number of nitrogens with zero attached hydrogens (tertiary/aromatic N) is 2. The summed E-state index contributed by atoms with van der Waals surface area (Å²) in [5, 5.41) is 15.5. The first-order valence-corrected chi connectivity index (χ1v) is 18.2. The first-order valence-electron chi connectivity index (χ1n) is 18.2. The number of rotatable bonds is 7. The maximum atomic E-state index is 9.45. The van der Waals surface area contributed by atoms with E-state index >= 15 is 0 Å². The summed E-state index contributed by atoms with van der Waals surface area (Å²) in [6, 6.07) is 62.4. The number of allylic oxidation sites excluding steroid dienone is 4. The lowest BCUT2D eigenvalue weighted by atomic mass is 9.84. The Bertz CT molecular complexity index is 2740. The number of aromatic nitrogens is 1. The summed E-state index contributed by atoms with van der Waals surface area (Å²) in [6.07, 6.45) is 5.72. The average molecular weight is 680 g/mol. The Morgan fingerprint density at radius 3 is 2.11 bits per heavy atom. The molecule has 3 nitrogen and oxygen atoms in total. The van der Waals surface area contributed by atoms with Gasteiger partial charge in [0.05, 0.1) is 22.7 Å². The Morgan fingerprint density at radius 1 is 0.585 bits per heavy atom. The number of nitrogens with one attached hydrogen (secondary N) is 1. The second-order valence-electron chi connectivity index (χ2n) is 13.9. The van der Waals surface area contributed by atoms with Crippen LogP contribution in [0.2, 0.25) is 0 Å². The smallest absolute Gasteiger partial charge is 0.0992 e. The minimum absolute atomic E-state index is 0.371. The summed E-state index contributed by atoms with van der Waals surface area (Å²) < 4.78 is 2.40. The number of anilines is 2. The van der Waals surface area contributed by atoms with Crippen molar-refractivity contribution in [3.63, 3.8) is 0 Å². The molecule has 0 spiro atoms. The molecule has 1 atom stereocenters. The molecule has 53 heavy (non-hydrogen) atoms. The van der Waals surface area contributed by atoms with Crippen LogP contribution in [0.25, 0.3) is 60.9 Å². The highest BCUT2D eigenvalue weighted by atomic mass is 15.0. The number of hydrogen-bond acceptors (Lipinski definition) is 2. The van der Waals surface area contributed by atoms with E-state index in [-0.39, 0.29) is 0 Å². The maximum absolute atomic E-state index is 9.45. The number of hydrogen-bond donors (Lipinski definition) is 1. The quantitative estimate of drug-likeness (QED) is 0.182. The molecule has 7 aromatic carbocycles. The van der Waals surface area contributed by atoms with Gasteiger partial charge in [-0.25, -0.2) is 0 Å². The molecule has 252 valence electrons. The fraction of sp³-hybridized carbons (Fsp3) is 0.0600. The van der Waals surface area contributed by atoms with E-state index < -0.39 is 0 Å². The zero-order valence-electron chi connectivity index (χ0n) is 29.5. The topological polar surface area (TPSA) is 40.8 Å². The van der Waals surface area contributed by atoms with Crippen molar-refractivity contribution in [1.82, 2.24) is 4.57 Å². The van der Waals surface area contributed by atoms with Crippen LogP contribution in [0, 0.1) is 17.2 Å². The third-order valence-corrected chi connectivity index (χ3v) is 10.3. The van der Waals surface area contributed by atoms with Crippen LogP contribution >= 0.6 is 0 Å². The number of nitriles is 1. The van der Waals surface area contributed by atoms with E-state index in [4.69, 9.17) is 0 Å². The molecule has 1 heterocycles. The Kier molecular flexibility index (Phi) is 8.27. The van der Waals surface area contributed by atoms with E-state index in [0.717, 1.165) is 23.5 Å². The number of benzene rings is 7. The molecule has 1 aliphatic rings. The second-order valence-corrected chi connectivity index (χ2v) is 13.9. The van der Waals surface area contributed by atoms with Gasteiger partial charge in [-0.05, 0) is 112 Å². The van der Waals surface area contributed by atoms with Gasteiger partial charge < -0.3 is 9.88 Å². The molecule has 1 N–H and O–H groups in total. The van der Waals surface area contributed by atoms with Crippen LogP contribution in [0.1, 0.15) is 30.0 Å². The highest BCUT2D eigenvalue weighted by Gasteiger charge is 2.19. The zero-order chi connectivity index (χ0) is 35.7. The van der Waals surface area contributed by atoms with Crippen LogP contribution in [-0.4, -0.2) is 4.57 Å². The highest BCUT2D eigenvalue weighted by molar-refractivity contribution is 6.11. The predicted molar refractivity (Wildman–Crippen MR) is 222 cm³/mol. The van der Waals surface area contributed by atoms with E-state index in [2.05, 4.69) is 181 Å². The normalized spacial score (nSPS) is 14.1. The van der Waals surface area contributed by atoms with Gasteiger partial charge in [-0.1, -0.05) is 128 Å². The lowest BCUT2D eigenvalue weighted by Crippen LogP contribution is -2.03. The van der Waals surface area contributed by atoms with Gasteiger partial charge >= 0.3 is 0 Å². The van der Waals surface area contributed by atoms with E-state index in [0.29, 0.717) is 11.5 Å². The van der Waals surface area contributed by atoms with Crippen LogP contribution in [0.5, 0.6) is 0 Å². The van der Waals surface area contributed by atoms with E-state index in [9.17, 15) is 5.26 Å². The van der Waals surface area contributed by atoms with Crippen molar-refractivity contribution in [2.24, 2.45) is 5.92 Å². The minimum Gasteiger partial charge on any atom is -0.355 e. The molecule has 0 unspecified atom stereocenters. The average Bonchev–Trinajstić information content (AvgIpc) is 3.54. The maximum Gasteiger partial charge on any atom is 0.0992 e. The van der Waals surface area contributed by atoms with Crippen molar-refractivity contribution >= 4 is 44.3 Å². The molecular formula is C50H37N3. The summed E-state index contributed by atoms with van der Waals surface area (Å²) in [4.78, 5) is 0. The van der Waals surface area contributed by atoms with Crippen LogP contribution in [-0.2, 0) is 0 Å². The van der Waals surface area contributed by atoms with E-state index in [1.807, 2.05) is 24.3 Å². The van der Waals surface area contributed by atoms with Crippen molar-refractivity contribution in [1.29, 1.82) is 5.26 Å². The van der Waals surface area contributed by atoms with Gasteiger partial charge in [0.25, 0.3) is 0 Å². The molecule has 8 aromatic rings. The first-order chi connectivity index (χ1) is 26.1. The van der Waals surface area contributed by atoms with Gasteiger partial charge in [-0.2, -0.15) is 5.26 Å². The fourth-order valence-electron chi connectivity index (χ4n) is 7.81. The van der Waals surface area contributed by atoms with Gasteiger partial charge in [0, 0.05) is 33.4 Å². The molecule has 0 saturated heterocycles. The van der Waals surface area contributed by atoms with Crippen LogP contribution < -0.4 is 5.32 Å². The Hall–Kier alpha value is -6.89. The van der Waals surface area contributed by atoms with Crippen molar-refractivity contribution < 1.29 is 0 Å². The third kappa shape index (κ3) is 6.22. The molecule has 0 aliphatic heterocycles. The number of fused-ring (bicyclic) bond motifs is 3. The molecule has 0 amide bonds. The van der Waals surface area contributed by atoms with Crippen molar-refractivity contribution in [3.05, 3.63) is 199 Å². The van der Waals surface area contributed by atoms with Crippen molar-refractivity contribution in [2.45, 2.75) is 13.3 Å². The lowest BCUT2D eigenvalue weighted by molar-refractivity contribution is 0.752. The minimum atomic E-state index is 0.371. The SMILES string of the molecule is C[C@@H]1C=C(c2ccc3c(c2)c2ccc(-c4cccc(-c5ccccc5)c4)cc2n3-c2ccccc2)C=C(c2ccccc2Nc2cccc(C#N)c2)C1. The summed E-state index contributed by atoms with van der Waals surface area (Å²) in [6.45, 7) is 2.30. The van der Waals surface area contributed by atoms with Gasteiger partial charge in [0.15, 0.2) is 0 Å². The van der Waals surface area contributed by atoms with Gasteiger partial charge in [0.2, 0.25) is 0 Å². The van der Waals surface area contributed by atoms with Crippen molar-refractivity contribution in [3.8, 4) is 34.0 Å². The van der Waals surface area contributed by atoms with Crippen LogP contribution in [0.3, 0.4) is 0 Å². The largest absolute Gasteiger partial charge is 0.355 e. The third-order valence-electron chi connectivity index (χ3n) is 10.3. The molecule has 9 rings (SSSR count). The van der Waals surface area contributed by atoms with Crippen LogP contribution in [0.4, 0.5) is 11.4 Å². The molecule has 1 aliphatic carbocycles. The zero-order valence-corrected chi connectivity index (χ0v) is 29.5. The molecule has 0 radical (unpaired) electrons. The van der Waals surface area contributed by atoms with Gasteiger partial charge in [-0.3, -0.25) is 0 Å². The summed E-state index contributed by atoms with van der Waals surface area (Å²) in [5.41, 5.74) is 15.8. The van der Waals surface area contributed by atoms with Gasteiger partial charge in [-0.15, -0.1) is 0 Å². The van der Waals surface area contributed by atoms with E-state index in [1.54, 1.807) is 0 Å². The summed E-state index contributed by atoms with van der Waals surface area (Å²) in [7, 11) is 0. The summed E-state index contributed by atoms with van der Waals surface area (Å²) in [5.74, 6) is 0.371. The van der Waals surface area contributed by atoms with Crippen LogP contribution in [0.15, 0.2) is 182 Å². The standard InChI is InChI=1S/C50H37N3/c1-34-26-41(30-42(27-34)45-20-8-9-21-48(45)52-43-17-10-12-35(28-43)33-51)39-23-25-49-47(31-39)46-24-22-40(32-50(46)53(49)44-18-6-3-7-19-44)38-16-11-15-37(29-38)36-13-4-2-5-14-36/h2-26,28-32,34,52H,27H2,1H3/t34-/m1/s1. The Balaban J connectivity index is 1.14. The predicted octanol–water partition coefficient (Wildman–Crippen LogP) is 13.2. The highest BCUT2D eigenvalue weighted by Crippen LogP contribution is 2.41. The molecular weight excluding hydrogens is 643 g/mol. The molecule has 0 saturated carbocycles. The Morgan fingerprint density at radius 2 is 1.28 bits per heavy atom. The first kappa shape index (κ1) is 32.0.